The topological polar surface area (TPSA) is 78.9 Å². The second-order valence-electron chi connectivity index (χ2n) is 6.79. The molecule has 3 heterocycles. The number of ether oxygens (including phenoxy) is 1. The van der Waals surface area contributed by atoms with E-state index in [-0.39, 0.29) is 11.7 Å². The minimum atomic E-state index is -0.847. The number of thiophene rings is 1. The van der Waals surface area contributed by atoms with Crippen molar-refractivity contribution < 1.29 is 19.4 Å². The molecule has 0 atom stereocenters. The molecular formula is C20H24N2O4S. The van der Waals surface area contributed by atoms with E-state index in [4.69, 9.17) is 9.84 Å². The highest BCUT2D eigenvalue weighted by atomic mass is 32.1. The number of hydrogen-bond acceptors (Lipinski definition) is 5. The number of rotatable bonds is 4. The van der Waals surface area contributed by atoms with Gasteiger partial charge in [-0.3, -0.25) is 0 Å². The standard InChI is InChI=1S/C15H20N2O2.C5H4O2S/c18-14-16-12-15(19-14)7-10-17(11-8-15)9-6-13-4-2-1-3-5-13;6-5(7)4-2-1-3-8-4/h1-5H,6-12H2,(H,16,18);1-3H,(H,6,7). The van der Waals surface area contributed by atoms with E-state index in [0.29, 0.717) is 11.4 Å². The first-order valence-electron chi connectivity index (χ1n) is 9.06. The maximum atomic E-state index is 11.2. The van der Waals surface area contributed by atoms with Gasteiger partial charge in [0.2, 0.25) is 0 Å². The van der Waals surface area contributed by atoms with Gasteiger partial charge in [0.1, 0.15) is 10.5 Å². The van der Waals surface area contributed by atoms with Crippen molar-refractivity contribution in [3.63, 3.8) is 0 Å². The summed E-state index contributed by atoms with van der Waals surface area (Å²) in [7, 11) is 0. The predicted molar refractivity (Wildman–Crippen MR) is 104 cm³/mol. The van der Waals surface area contributed by atoms with Crippen molar-refractivity contribution >= 4 is 23.4 Å². The molecule has 0 unspecified atom stereocenters. The van der Waals surface area contributed by atoms with Crippen LogP contribution >= 0.6 is 11.3 Å². The molecule has 0 bridgehead atoms. The van der Waals surface area contributed by atoms with Gasteiger partial charge < -0.3 is 20.1 Å². The number of likely N-dealkylation sites (tertiary alicyclic amines) is 1. The third-order valence-corrected chi connectivity index (χ3v) is 5.78. The quantitative estimate of drug-likeness (QED) is 0.841. The number of alkyl carbamates (subject to hydrolysis) is 1. The van der Waals surface area contributed by atoms with Crippen molar-refractivity contribution in [3.8, 4) is 0 Å². The summed E-state index contributed by atoms with van der Waals surface area (Å²) in [5, 5.41) is 12.8. The third kappa shape index (κ3) is 5.55. The molecule has 2 fully saturated rings. The lowest BCUT2D eigenvalue weighted by atomic mass is 9.91. The number of carbonyl (C=O) groups is 2. The molecule has 144 valence electrons. The van der Waals surface area contributed by atoms with Crippen LogP contribution in [0.2, 0.25) is 0 Å². The monoisotopic (exact) mass is 388 g/mol. The third-order valence-electron chi connectivity index (χ3n) is 4.92. The maximum absolute atomic E-state index is 11.2. The molecule has 0 saturated carbocycles. The van der Waals surface area contributed by atoms with Gasteiger partial charge in [0, 0.05) is 32.5 Å². The van der Waals surface area contributed by atoms with Gasteiger partial charge in [0.15, 0.2) is 0 Å². The molecule has 1 aromatic heterocycles. The van der Waals surface area contributed by atoms with Crippen LogP contribution in [0.15, 0.2) is 47.8 Å². The number of nitrogens with one attached hydrogen (secondary N) is 1. The van der Waals surface area contributed by atoms with E-state index in [9.17, 15) is 9.59 Å². The van der Waals surface area contributed by atoms with Gasteiger partial charge in [0.25, 0.3) is 0 Å². The average Bonchev–Trinajstić information content (AvgIpc) is 3.34. The largest absolute Gasteiger partial charge is 0.477 e. The van der Waals surface area contributed by atoms with E-state index >= 15 is 0 Å². The van der Waals surface area contributed by atoms with Crippen molar-refractivity contribution in [2.45, 2.75) is 24.9 Å². The Hall–Kier alpha value is -2.38. The number of nitrogens with zero attached hydrogens (tertiary/aromatic N) is 1. The summed E-state index contributed by atoms with van der Waals surface area (Å²) in [6.45, 7) is 3.80. The van der Waals surface area contributed by atoms with Crippen LogP contribution in [-0.2, 0) is 11.2 Å². The fourth-order valence-corrected chi connectivity index (χ4v) is 3.86. The Morgan fingerprint density at radius 1 is 1.19 bits per heavy atom. The summed E-state index contributed by atoms with van der Waals surface area (Å²) in [6.07, 6.45) is 2.73. The lowest BCUT2D eigenvalue weighted by Gasteiger charge is -2.37. The normalized spacial score (nSPS) is 18.3. The molecule has 6 nitrogen and oxygen atoms in total. The summed E-state index contributed by atoms with van der Waals surface area (Å²) < 4.78 is 5.42. The minimum absolute atomic E-state index is 0.222. The van der Waals surface area contributed by atoms with Crippen molar-refractivity contribution in [2.75, 3.05) is 26.2 Å². The zero-order chi connectivity index (χ0) is 19.1. The van der Waals surface area contributed by atoms with Gasteiger partial charge in [0.05, 0.1) is 6.54 Å². The Balaban J connectivity index is 0.000000221. The van der Waals surface area contributed by atoms with E-state index in [2.05, 4.69) is 40.5 Å². The summed E-state index contributed by atoms with van der Waals surface area (Å²) in [5.41, 5.74) is 1.16. The molecule has 2 N–H and O–H groups in total. The number of aromatic carboxylic acids is 1. The molecule has 2 aliphatic heterocycles. The van der Waals surface area contributed by atoms with Gasteiger partial charge in [-0.1, -0.05) is 36.4 Å². The number of benzene rings is 1. The minimum Gasteiger partial charge on any atom is -0.477 e. The zero-order valence-corrected chi connectivity index (χ0v) is 15.9. The SMILES string of the molecule is O=C(O)c1cccs1.O=C1NCC2(CCN(CCc3ccccc3)CC2)O1. The van der Waals surface area contributed by atoms with Crippen LogP contribution in [0.5, 0.6) is 0 Å². The summed E-state index contributed by atoms with van der Waals surface area (Å²) in [5.74, 6) is -0.847. The van der Waals surface area contributed by atoms with E-state index in [0.717, 1.165) is 38.9 Å². The van der Waals surface area contributed by atoms with Crippen LogP contribution in [0.3, 0.4) is 0 Å². The first-order chi connectivity index (χ1) is 13.1. The molecule has 1 aromatic carbocycles. The number of amides is 1. The molecule has 2 aromatic rings. The molecule has 7 heteroatoms. The molecule has 2 aliphatic rings. The van der Waals surface area contributed by atoms with Crippen molar-refractivity contribution in [3.05, 3.63) is 58.3 Å². The Bertz CT molecular complexity index is 741. The van der Waals surface area contributed by atoms with E-state index in [1.54, 1.807) is 17.5 Å². The van der Waals surface area contributed by atoms with Gasteiger partial charge in [-0.2, -0.15) is 0 Å². The predicted octanol–water partition coefficient (Wildman–Crippen LogP) is 3.25. The lowest BCUT2D eigenvalue weighted by molar-refractivity contribution is 0.00122. The molecule has 0 radical (unpaired) electrons. The second kappa shape index (κ2) is 9.01. The average molecular weight is 388 g/mol. The van der Waals surface area contributed by atoms with Crippen molar-refractivity contribution in [1.82, 2.24) is 10.2 Å². The Kier molecular flexibility index (Phi) is 6.47. The molecule has 1 spiro atoms. The number of carbonyl (C=O) groups excluding carboxylic acids is 1. The Morgan fingerprint density at radius 2 is 1.93 bits per heavy atom. The van der Waals surface area contributed by atoms with Crippen LogP contribution in [0, 0.1) is 0 Å². The highest BCUT2D eigenvalue weighted by molar-refractivity contribution is 7.11. The second-order valence-corrected chi connectivity index (χ2v) is 7.73. The van der Waals surface area contributed by atoms with Crippen LogP contribution in [0.1, 0.15) is 28.1 Å². The first-order valence-corrected chi connectivity index (χ1v) is 9.94. The molecule has 0 aliphatic carbocycles. The van der Waals surface area contributed by atoms with Crippen LogP contribution in [0.4, 0.5) is 4.79 Å². The van der Waals surface area contributed by atoms with E-state index in [1.165, 1.54) is 16.9 Å². The molecule has 4 rings (SSSR count). The van der Waals surface area contributed by atoms with E-state index in [1.807, 2.05) is 0 Å². The van der Waals surface area contributed by atoms with Crippen LogP contribution < -0.4 is 5.32 Å². The number of piperidine rings is 1. The Morgan fingerprint density at radius 3 is 2.44 bits per heavy atom. The smallest absolute Gasteiger partial charge is 0.407 e. The highest BCUT2D eigenvalue weighted by Gasteiger charge is 2.42. The van der Waals surface area contributed by atoms with Gasteiger partial charge in [-0.25, -0.2) is 9.59 Å². The maximum Gasteiger partial charge on any atom is 0.407 e. The highest BCUT2D eigenvalue weighted by Crippen LogP contribution is 2.29. The zero-order valence-electron chi connectivity index (χ0n) is 15.1. The number of hydrogen-bond donors (Lipinski definition) is 2. The van der Waals surface area contributed by atoms with Gasteiger partial charge in [-0.15, -0.1) is 11.3 Å². The lowest BCUT2D eigenvalue weighted by Crippen LogP contribution is -2.47. The van der Waals surface area contributed by atoms with Gasteiger partial charge >= 0.3 is 12.1 Å². The summed E-state index contributed by atoms with van der Waals surface area (Å²) in [6, 6.07) is 13.9. The van der Waals surface area contributed by atoms with E-state index < -0.39 is 5.97 Å². The number of carboxylic acid groups (broad SMARTS) is 1. The Labute approximate surface area is 162 Å². The van der Waals surface area contributed by atoms with Crippen molar-refractivity contribution in [2.24, 2.45) is 0 Å². The first kappa shape index (κ1) is 19.4. The fourth-order valence-electron chi connectivity index (χ4n) is 3.30. The summed E-state index contributed by atoms with van der Waals surface area (Å²) >= 11 is 1.23. The van der Waals surface area contributed by atoms with Gasteiger partial charge in [-0.05, 0) is 23.4 Å². The molecule has 2 saturated heterocycles. The molecule has 1 amide bonds. The fraction of sp³-hybridized carbons (Fsp3) is 0.400. The molecular weight excluding hydrogens is 364 g/mol. The number of carboxylic acids is 1. The van der Waals surface area contributed by atoms with Crippen LogP contribution in [-0.4, -0.2) is 53.8 Å². The summed E-state index contributed by atoms with van der Waals surface area (Å²) in [4.78, 5) is 24.1. The van der Waals surface area contributed by atoms with Crippen LogP contribution in [0.25, 0.3) is 0 Å². The van der Waals surface area contributed by atoms with Crippen molar-refractivity contribution in [1.29, 1.82) is 0 Å². The molecule has 27 heavy (non-hydrogen) atoms.